The largest absolute Gasteiger partial charge is 0.508 e. The SMILES string of the molecule is Cc1c(N)nn(C)c1-c1ccc(O)cc1. The van der Waals surface area contributed by atoms with Crippen LogP contribution >= 0.6 is 0 Å². The van der Waals surface area contributed by atoms with Gasteiger partial charge in [0.1, 0.15) is 11.6 Å². The highest BCUT2D eigenvalue weighted by atomic mass is 16.3. The number of aryl methyl sites for hydroxylation is 1. The molecule has 1 heterocycles. The molecule has 0 saturated heterocycles. The minimum absolute atomic E-state index is 0.256. The second-order valence-corrected chi connectivity index (χ2v) is 3.53. The van der Waals surface area contributed by atoms with E-state index in [1.54, 1.807) is 16.8 Å². The van der Waals surface area contributed by atoms with Crippen LogP contribution in [0, 0.1) is 6.92 Å². The summed E-state index contributed by atoms with van der Waals surface area (Å²) >= 11 is 0. The molecule has 0 aliphatic carbocycles. The van der Waals surface area contributed by atoms with Gasteiger partial charge in [0, 0.05) is 18.2 Å². The lowest BCUT2D eigenvalue weighted by Gasteiger charge is -2.03. The van der Waals surface area contributed by atoms with Gasteiger partial charge in [-0.25, -0.2) is 0 Å². The molecule has 2 rings (SSSR count). The number of hydrogen-bond donors (Lipinski definition) is 2. The van der Waals surface area contributed by atoms with Gasteiger partial charge in [-0.15, -0.1) is 0 Å². The Hall–Kier alpha value is -1.97. The summed E-state index contributed by atoms with van der Waals surface area (Å²) in [4.78, 5) is 0. The fraction of sp³-hybridized carbons (Fsp3) is 0.182. The van der Waals surface area contributed by atoms with Crippen LogP contribution < -0.4 is 5.73 Å². The van der Waals surface area contributed by atoms with Gasteiger partial charge in [-0.3, -0.25) is 4.68 Å². The van der Waals surface area contributed by atoms with Gasteiger partial charge in [-0.05, 0) is 31.2 Å². The third kappa shape index (κ3) is 1.54. The average molecular weight is 203 g/mol. The van der Waals surface area contributed by atoms with Gasteiger partial charge in [0.05, 0.1) is 5.69 Å². The summed E-state index contributed by atoms with van der Waals surface area (Å²) in [6.45, 7) is 1.94. The zero-order chi connectivity index (χ0) is 11.0. The molecule has 0 atom stereocenters. The van der Waals surface area contributed by atoms with Gasteiger partial charge in [0.2, 0.25) is 0 Å². The molecule has 0 amide bonds. The normalized spacial score (nSPS) is 10.5. The second-order valence-electron chi connectivity index (χ2n) is 3.53. The fourth-order valence-electron chi connectivity index (χ4n) is 1.67. The first-order valence-corrected chi connectivity index (χ1v) is 4.68. The maximum Gasteiger partial charge on any atom is 0.148 e. The maximum atomic E-state index is 9.20. The fourth-order valence-corrected chi connectivity index (χ4v) is 1.67. The van der Waals surface area contributed by atoms with Gasteiger partial charge in [0.15, 0.2) is 0 Å². The van der Waals surface area contributed by atoms with Crippen molar-refractivity contribution in [2.45, 2.75) is 6.92 Å². The molecule has 4 heteroatoms. The number of nitrogens with zero attached hydrogens (tertiary/aromatic N) is 2. The van der Waals surface area contributed by atoms with Crippen molar-refractivity contribution in [1.82, 2.24) is 9.78 Å². The zero-order valence-corrected chi connectivity index (χ0v) is 8.73. The Morgan fingerprint density at radius 1 is 1.27 bits per heavy atom. The van der Waals surface area contributed by atoms with E-state index in [9.17, 15) is 5.11 Å². The lowest BCUT2D eigenvalue weighted by Crippen LogP contribution is -1.94. The van der Waals surface area contributed by atoms with E-state index in [2.05, 4.69) is 5.10 Å². The molecule has 78 valence electrons. The number of rotatable bonds is 1. The van der Waals surface area contributed by atoms with Crippen molar-refractivity contribution in [3.63, 3.8) is 0 Å². The third-order valence-corrected chi connectivity index (χ3v) is 2.46. The van der Waals surface area contributed by atoms with Crippen LogP contribution in [0.15, 0.2) is 24.3 Å². The van der Waals surface area contributed by atoms with Crippen LogP contribution in [0.3, 0.4) is 0 Å². The van der Waals surface area contributed by atoms with Crippen molar-refractivity contribution in [2.24, 2.45) is 7.05 Å². The van der Waals surface area contributed by atoms with Crippen molar-refractivity contribution in [2.75, 3.05) is 5.73 Å². The molecule has 3 N–H and O–H groups in total. The Morgan fingerprint density at radius 2 is 1.87 bits per heavy atom. The monoisotopic (exact) mass is 203 g/mol. The van der Waals surface area contributed by atoms with Crippen LogP contribution in [0.1, 0.15) is 5.56 Å². The molecular weight excluding hydrogens is 190 g/mol. The topological polar surface area (TPSA) is 64.1 Å². The summed E-state index contributed by atoms with van der Waals surface area (Å²) in [5.74, 6) is 0.798. The van der Waals surface area contributed by atoms with Gasteiger partial charge in [0.25, 0.3) is 0 Å². The van der Waals surface area contributed by atoms with E-state index in [-0.39, 0.29) is 5.75 Å². The second kappa shape index (κ2) is 3.31. The first kappa shape index (κ1) is 9.58. The number of nitrogen functional groups attached to an aromatic ring is 1. The highest BCUT2D eigenvalue weighted by Crippen LogP contribution is 2.27. The molecule has 0 aliphatic heterocycles. The molecule has 1 aromatic heterocycles. The molecule has 0 unspecified atom stereocenters. The van der Waals surface area contributed by atoms with Crippen molar-refractivity contribution < 1.29 is 5.11 Å². The number of phenolic OH excluding ortho intramolecular Hbond substituents is 1. The highest BCUT2D eigenvalue weighted by Gasteiger charge is 2.11. The Morgan fingerprint density at radius 3 is 2.33 bits per heavy atom. The molecule has 0 aliphatic rings. The summed E-state index contributed by atoms with van der Waals surface area (Å²) in [6.07, 6.45) is 0. The molecule has 1 aromatic carbocycles. The summed E-state index contributed by atoms with van der Waals surface area (Å²) in [7, 11) is 1.85. The lowest BCUT2D eigenvalue weighted by molar-refractivity contribution is 0.475. The van der Waals surface area contributed by atoms with Crippen molar-refractivity contribution >= 4 is 5.82 Å². The predicted molar refractivity (Wildman–Crippen MR) is 59.5 cm³/mol. The zero-order valence-electron chi connectivity index (χ0n) is 8.73. The molecule has 0 spiro atoms. The van der Waals surface area contributed by atoms with Crippen molar-refractivity contribution in [3.05, 3.63) is 29.8 Å². The number of hydrogen-bond acceptors (Lipinski definition) is 3. The van der Waals surface area contributed by atoms with Gasteiger partial charge >= 0.3 is 0 Å². The van der Waals surface area contributed by atoms with Gasteiger partial charge in [-0.1, -0.05) is 0 Å². The summed E-state index contributed by atoms with van der Waals surface area (Å²) in [5.41, 5.74) is 8.67. The number of nitrogens with two attached hydrogens (primary N) is 1. The van der Waals surface area contributed by atoms with Crippen LogP contribution in [-0.2, 0) is 7.05 Å². The first-order chi connectivity index (χ1) is 7.09. The Kier molecular flexibility index (Phi) is 2.11. The molecule has 0 bridgehead atoms. The van der Waals surface area contributed by atoms with E-state index in [0.29, 0.717) is 5.82 Å². The number of aromatic hydroxyl groups is 1. The quantitative estimate of drug-likeness (QED) is 0.741. The number of aromatic nitrogens is 2. The minimum atomic E-state index is 0.256. The summed E-state index contributed by atoms with van der Waals surface area (Å²) in [5, 5.41) is 13.3. The molecule has 2 aromatic rings. The van der Waals surface area contributed by atoms with Crippen LogP contribution in [0.5, 0.6) is 5.75 Å². The molecule has 15 heavy (non-hydrogen) atoms. The van der Waals surface area contributed by atoms with E-state index >= 15 is 0 Å². The van der Waals surface area contributed by atoms with Crippen molar-refractivity contribution in [1.29, 1.82) is 0 Å². The first-order valence-electron chi connectivity index (χ1n) is 4.68. The standard InChI is InChI=1S/C11H13N3O/c1-7-10(14(2)13-11(7)12)8-3-5-9(15)6-4-8/h3-6,15H,1-2H3,(H2,12,13). The number of benzene rings is 1. The number of anilines is 1. The Labute approximate surface area is 88.0 Å². The Bertz CT molecular complexity index is 485. The average Bonchev–Trinajstić information content (AvgIpc) is 2.44. The summed E-state index contributed by atoms with van der Waals surface area (Å²) in [6, 6.07) is 6.99. The van der Waals surface area contributed by atoms with Crippen LogP contribution in [0.25, 0.3) is 11.3 Å². The van der Waals surface area contributed by atoms with Crippen LogP contribution in [0.4, 0.5) is 5.82 Å². The van der Waals surface area contributed by atoms with E-state index in [4.69, 9.17) is 5.73 Å². The van der Waals surface area contributed by atoms with E-state index in [0.717, 1.165) is 16.8 Å². The molecule has 0 fully saturated rings. The molecular formula is C11H13N3O. The van der Waals surface area contributed by atoms with E-state index in [1.807, 2.05) is 26.1 Å². The van der Waals surface area contributed by atoms with Crippen LogP contribution in [-0.4, -0.2) is 14.9 Å². The van der Waals surface area contributed by atoms with E-state index < -0.39 is 0 Å². The minimum Gasteiger partial charge on any atom is -0.508 e. The molecule has 0 radical (unpaired) electrons. The third-order valence-electron chi connectivity index (χ3n) is 2.46. The smallest absolute Gasteiger partial charge is 0.148 e. The Balaban J connectivity index is 2.58. The molecule has 0 saturated carbocycles. The van der Waals surface area contributed by atoms with Gasteiger partial charge < -0.3 is 10.8 Å². The predicted octanol–water partition coefficient (Wildman–Crippen LogP) is 1.68. The molecule has 4 nitrogen and oxygen atoms in total. The lowest BCUT2D eigenvalue weighted by atomic mass is 10.1. The maximum absolute atomic E-state index is 9.20. The van der Waals surface area contributed by atoms with Crippen LogP contribution in [0.2, 0.25) is 0 Å². The van der Waals surface area contributed by atoms with Gasteiger partial charge in [-0.2, -0.15) is 5.10 Å². The highest BCUT2D eigenvalue weighted by molar-refractivity contribution is 5.68. The van der Waals surface area contributed by atoms with E-state index in [1.165, 1.54) is 0 Å². The number of phenols is 1. The summed E-state index contributed by atoms with van der Waals surface area (Å²) < 4.78 is 1.75. The van der Waals surface area contributed by atoms with Crippen molar-refractivity contribution in [3.8, 4) is 17.0 Å².